The molecule has 0 atom stereocenters. The number of imidazole rings is 1. The van der Waals surface area contributed by atoms with Gasteiger partial charge in [0.15, 0.2) is 11.5 Å². The second kappa shape index (κ2) is 12.0. The van der Waals surface area contributed by atoms with Gasteiger partial charge in [0.2, 0.25) is 0 Å². The molecule has 0 aliphatic carbocycles. The minimum Gasteiger partial charge on any atom is -0.497 e. The number of H-pyrrole nitrogens is 1. The number of fused-ring (bicyclic) bond motifs is 1. The molecule has 0 saturated carbocycles. The molecule has 0 fully saturated rings. The SMILES string of the molecule is COc1ccc(COc2c(-c3ccccc3)nn(Cc3ccc(OC)cc3)c2C(=O)Cc2nc3ccccc3[nH]2)cc1. The first kappa shape index (κ1) is 26.8. The molecule has 6 rings (SSSR count). The Morgan fingerprint density at radius 2 is 1.43 bits per heavy atom. The number of aromatic amines is 1. The predicted molar refractivity (Wildman–Crippen MR) is 161 cm³/mol. The Morgan fingerprint density at radius 3 is 2.10 bits per heavy atom. The number of benzene rings is 4. The molecule has 0 spiro atoms. The number of carbonyl (C=O) groups excluding carboxylic acids is 1. The van der Waals surface area contributed by atoms with Crippen LogP contribution >= 0.6 is 0 Å². The summed E-state index contributed by atoms with van der Waals surface area (Å²) in [6.07, 6.45) is 0.0656. The normalized spacial score (nSPS) is 11.0. The predicted octanol–water partition coefficient (Wildman–Crippen LogP) is 6.50. The monoisotopic (exact) mass is 558 g/mol. The molecule has 0 unspecified atom stereocenters. The zero-order chi connectivity index (χ0) is 28.9. The summed E-state index contributed by atoms with van der Waals surface area (Å²) in [6.45, 7) is 0.625. The van der Waals surface area contributed by atoms with Crippen molar-refractivity contribution in [2.75, 3.05) is 14.2 Å². The standard InChI is InChI=1S/C34H30N4O4/c1-40-26-16-12-23(13-17-26)21-38-33(30(39)20-31-35-28-10-6-7-11-29(28)36-31)34(32(37-38)25-8-4-3-5-9-25)42-22-24-14-18-27(41-2)19-15-24/h3-19H,20-22H2,1-2H3,(H,35,36). The topological polar surface area (TPSA) is 91.3 Å². The van der Waals surface area contributed by atoms with Gasteiger partial charge in [-0.15, -0.1) is 0 Å². The van der Waals surface area contributed by atoms with Crippen LogP contribution in [0.25, 0.3) is 22.3 Å². The lowest BCUT2D eigenvalue weighted by atomic mass is 10.1. The Morgan fingerprint density at radius 1 is 0.786 bits per heavy atom. The molecule has 6 aromatic rings. The van der Waals surface area contributed by atoms with Crippen LogP contribution in [0.2, 0.25) is 0 Å². The van der Waals surface area contributed by atoms with Crippen molar-refractivity contribution >= 4 is 16.8 Å². The molecular formula is C34H30N4O4. The molecule has 2 heterocycles. The quantitative estimate of drug-likeness (QED) is 0.183. The summed E-state index contributed by atoms with van der Waals surface area (Å²) in [5.41, 5.74) is 5.45. The van der Waals surface area contributed by atoms with Crippen LogP contribution in [0, 0.1) is 0 Å². The molecule has 8 heteroatoms. The summed E-state index contributed by atoms with van der Waals surface area (Å²) < 4.78 is 18.8. The number of rotatable bonds is 11. The van der Waals surface area contributed by atoms with Gasteiger partial charge in [-0.1, -0.05) is 66.7 Å². The van der Waals surface area contributed by atoms with Crippen LogP contribution in [0.1, 0.15) is 27.4 Å². The highest BCUT2D eigenvalue weighted by Gasteiger charge is 2.27. The Balaban J connectivity index is 1.42. The number of methoxy groups -OCH3 is 2. The smallest absolute Gasteiger partial charge is 0.192 e. The Hall–Kier alpha value is -5.37. The van der Waals surface area contributed by atoms with Crippen molar-refractivity contribution in [3.8, 4) is 28.5 Å². The lowest BCUT2D eigenvalue weighted by Gasteiger charge is -2.11. The van der Waals surface area contributed by atoms with E-state index in [4.69, 9.17) is 19.3 Å². The molecule has 210 valence electrons. The van der Waals surface area contributed by atoms with Gasteiger partial charge >= 0.3 is 0 Å². The summed E-state index contributed by atoms with van der Waals surface area (Å²) in [5, 5.41) is 4.95. The molecule has 1 N–H and O–H groups in total. The zero-order valence-electron chi connectivity index (χ0n) is 23.4. The van der Waals surface area contributed by atoms with Crippen LogP contribution in [-0.4, -0.2) is 39.8 Å². The molecule has 42 heavy (non-hydrogen) atoms. The van der Waals surface area contributed by atoms with Crippen molar-refractivity contribution in [2.24, 2.45) is 0 Å². The average molecular weight is 559 g/mol. The lowest BCUT2D eigenvalue weighted by Crippen LogP contribution is -2.15. The molecule has 8 nitrogen and oxygen atoms in total. The molecule has 0 aliphatic rings. The maximum Gasteiger partial charge on any atom is 0.192 e. The van der Waals surface area contributed by atoms with Crippen LogP contribution in [-0.2, 0) is 19.6 Å². The van der Waals surface area contributed by atoms with Crippen molar-refractivity contribution < 1.29 is 19.0 Å². The highest BCUT2D eigenvalue weighted by Crippen LogP contribution is 2.35. The number of hydrogen-bond acceptors (Lipinski definition) is 6. The van der Waals surface area contributed by atoms with Gasteiger partial charge in [0.1, 0.15) is 35.3 Å². The summed E-state index contributed by atoms with van der Waals surface area (Å²) in [6, 6.07) is 32.9. The molecular weight excluding hydrogens is 528 g/mol. The van der Waals surface area contributed by atoms with Crippen LogP contribution < -0.4 is 14.2 Å². The van der Waals surface area contributed by atoms with Gasteiger partial charge in [-0.25, -0.2) is 4.98 Å². The van der Waals surface area contributed by atoms with Crippen LogP contribution in [0.3, 0.4) is 0 Å². The van der Waals surface area contributed by atoms with E-state index in [2.05, 4.69) is 9.97 Å². The molecule has 4 aromatic carbocycles. The van der Waals surface area contributed by atoms with Crippen molar-refractivity contribution in [2.45, 2.75) is 19.6 Å². The van der Waals surface area contributed by atoms with Gasteiger partial charge < -0.3 is 19.2 Å². The van der Waals surface area contributed by atoms with Crippen molar-refractivity contribution in [3.05, 3.63) is 126 Å². The fourth-order valence-electron chi connectivity index (χ4n) is 4.86. The zero-order valence-corrected chi connectivity index (χ0v) is 23.4. The van der Waals surface area contributed by atoms with Crippen molar-refractivity contribution in [1.82, 2.24) is 19.7 Å². The average Bonchev–Trinajstić information content (AvgIpc) is 3.61. The number of hydrogen-bond donors (Lipinski definition) is 1. The molecule has 0 aliphatic heterocycles. The minimum absolute atomic E-state index is 0.0656. The van der Waals surface area contributed by atoms with E-state index in [0.717, 1.165) is 39.2 Å². The van der Waals surface area contributed by atoms with E-state index >= 15 is 0 Å². The molecule has 0 radical (unpaired) electrons. The maximum absolute atomic E-state index is 14.1. The van der Waals surface area contributed by atoms with E-state index in [1.807, 2.05) is 103 Å². The minimum atomic E-state index is -0.151. The van der Waals surface area contributed by atoms with E-state index in [-0.39, 0.29) is 18.8 Å². The Bertz CT molecular complexity index is 1770. The molecule has 0 bridgehead atoms. The van der Waals surface area contributed by atoms with E-state index in [1.165, 1.54) is 0 Å². The number of Topliss-reactive ketones (excluding diaryl/α,β-unsaturated/α-hetero) is 1. The Kier molecular flexibility index (Phi) is 7.68. The summed E-state index contributed by atoms with van der Waals surface area (Å²) in [5.74, 6) is 2.39. The summed E-state index contributed by atoms with van der Waals surface area (Å²) in [4.78, 5) is 22.0. The number of ether oxygens (including phenoxy) is 3. The Labute approximate surface area is 243 Å². The molecule has 2 aromatic heterocycles. The second-order valence-electron chi connectivity index (χ2n) is 9.84. The van der Waals surface area contributed by atoms with Crippen LogP contribution in [0.4, 0.5) is 0 Å². The number of para-hydroxylation sites is 2. The molecule has 0 amide bonds. The van der Waals surface area contributed by atoms with Crippen molar-refractivity contribution in [1.29, 1.82) is 0 Å². The second-order valence-corrected chi connectivity index (χ2v) is 9.84. The lowest BCUT2D eigenvalue weighted by molar-refractivity contribution is 0.0976. The fourth-order valence-corrected chi connectivity index (χ4v) is 4.86. The van der Waals surface area contributed by atoms with E-state index < -0.39 is 0 Å². The highest BCUT2D eigenvalue weighted by molar-refractivity contribution is 6.00. The first-order valence-corrected chi connectivity index (χ1v) is 13.6. The van der Waals surface area contributed by atoms with Gasteiger partial charge in [0.05, 0.1) is 38.2 Å². The summed E-state index contributed by atoms with van der Waals surface area (Å²) >= 11 is 0. The number of nitrogens with zero attached hydrogens (tertiary/aromatic N) is 3. The molecule has 0 saturated heterocycles. The number of carbonyl (C=O) groups is 1. The number of nitrogens with one attached hydrogen (secondary N) is 1. The van der Waals surface area contributed by atoms with Crippen molar-refractivity contribution in [3.63, 3.8) is 0 Å². The maximum atomic E-state index is 14.1. The number of aromatic nitrogens is 4. The van der Waals surface area contributed by atoms with Gasteiger partial charge in [0.25, 0.3) is 0 Å². The van der Waals surface area contributed by atoms with E-state index in [1.54, 1.807) is 18.9 Å². The summed E-state index contributed by atoms with van der Waals surface area (Å²) in [7, 11) is 3.27. The van der Waals surface area contributed by atoms with Crippen LogP contribution in [0.5, 0.6) is 17.2 Å². The van der Waals surface area contributed by atoms with Gasteiger partial charge in [-0.3, -0.25) is 9.48 Å². The van der Waals surface area contributed by atoms with Gasteiger partial charge in [-0.05, 0) is 47.5 Å². The number of ketones is 1. The van der Waals surface area contributed by atoms with Gasteiger partial charge in [0, 0.05) is 5.56 Å². The highest BCUT2D eigenvalue weighted by atomic mass is 16.5. The van der Waals surface area contributed by atoms with Gasteiger partial charge in [-0.2, -0.15) is 5.10 Å². The van der Waals surface area contributed by atoms with E-state index in [9.17, 15) is 4.79 Å². The fraction of sp³-hybridized carbons (Fsp3) is 0.147. The first-order chi connectivity index (χ1) is 20.6. The third-order valence-electron chi connectivity index (χ3n) is 7.02. The first-order valence-electron chi connectivity index (χ1n) is 13.6. The third kappa shape index (κ3) is 5.74. The van der Waals surface area contributed by atoms with Crippen LogP contribution in [0.15, 0.2) is 103 Å². The van der Waals surface area contributed by atoms with E-state index in [0.29, 0.717) is 29.5 Å². The third-order valence-corrected chi connectivity index (χ3v) is 7.02. The largest absolute Gasteiger partial charge is 0.497 e.